The number of nitrogens with one attached hydrogen (secondary N) is 1. The quantitative estimate of drug-likeness (QED) is 0.419. The van der Waals surface area contributed by atoms with Crippen LogP contribution in [0.4, 0.5) is 5.95 Å². The van der Waals surface area contributed by atoms with Crippen LogP contribution < -0.4 is 16.2 Å². The molecule has 0 radical (unpaired) electrons. The number of nitrogens with zero attached hydrogens (tertiary/aromatic N) is 2. The molecule has 0 bridgehead atoms. The van der Waals surface area contributed by atoms with Gasteiger partial charge in [-0.25, -0.2) is 4.79 Å². The smallest absolute Gasteiger partial charge is 0.335 e. The molecule has 3 aromatic rings. The van der Waals surface area contributed by atoms with Gasteiger partial charge in [0.05, 0.1) is 11.7 Å². The number of thiazole rings is 1. The fraction of sp³-hybridized carbons (Fsp3) is 0.458. The Labute approximate surface area is 208 Å². The van der Waals surface area contributed by atoms with Crippen molar-refractivity contribution in [3.63, 3.8) is 0 Å². The van der Waals surface area contributed by atoms with Crippen molar-refractivity contribution in [2.24, 2.45) is 5.92 Å². The summed E-state index contributed by atoms with van der Waals surface area (Å²) in [6.07, 6.45) is 1.71. The fourth-order valence-electron chi connectivity index (χ4n) is 5.67. The second-order valence-corrected chi connectivity index (χ2v) is 10.2. The van der Waals surface area contributed by atoms with Gasteiger partial charge in [0.25, 0.3) is 5.56 Å². The average molecular weight is 515 g/mol. The van der Waals surface area contributed by atoms with E-state index in [4.69, 9.17) is 15.2 Å². The highest BCUT2D eigenvalue weighted by Crippen LogP contribution is 2.47. The van der Waals surface area contributed by atoms with E-state index in [0.717, 1.165) is 25.7 Å². The van der Waals surface area contributed by atoms with E-state index in [9.17, 15) is 24.3 Å². The standard InChI is InChI=1S/C24H26N4O7S/c1-11(29)34-16-10-15(17(12-6-2-3-7-12)13-8-4-5-9-14(13)22(31)32)35-21(16)28-19-18(36-24(28)33)20(30)27-23(25)26-19/h4-5,8-9,12,15-17,21H,2-3,6-7,10H2,1H3,(H,31,32)(H3,25,26,27,30)/t15-,16+,17?,21+/m0/s1. The van der Waals surface area contributed by atoms with E-state index in [1.54, 1.807) is 24.3 Å². The second kappa shape index (κ2) is 9.51. The number of aromatic carboxylic acids is 1. The minimum absolute atomic E-state index is 0.0532. The number of carboxylic acid groups (broad SMARTS) is 1. The van der Waals surface area contributed by atoms with Crippen LogP contribution in [0, 0.1) is 5.92 Å². The molecule has 2 aromatic heterocycles. The Morgan fingerprint density at radius 1 is 1.28 bits per heavy atom. The number of carbonyl (C=O) groups is 2. The highest BCUT2D eigenvalue weighted by molar-refractivity contribution is 7.16. The highest BCUT2D eigenvalue weighted by Gasteiger charge is 2.47. The summed E-state index contributed by atoms with van der Waals surface area (Å²) in [7, 11) is 0. The number of esters is 1. The molecule has 1 aliphatic carbocycles. The molecule has 0 amide bonds. The number of fused-ring (bicyclic) bond motifs is 1. The molecule has 3 heterocycles. The van der Waals surface area contributed by atoms with E-state index in [1.807, 2.05) is 0 Å². The van der Waals surface area contributed by atoms with Crippen LogP contribution >= 0.6 is 11.3 Å². The molecular formula is C24H26N4O7S. The first kappa shape index (κ1) is 24.2. The topological polar surface area (TPSA) is 167 Å². The Hall–Kier alpha value is -3.51. The highest BCUT2D eigenvalue weighted by atomic mass is 32.1. The molecule has 2 aliphatic rings. The van der Waals surface area contributed by atoms with Gasteiger partial charge in [-0.1, -0.05) is 42.4 Å². The number of aromatic amines is 1. The Balaban J connectivity index is 1.61. The number of carboxylic acids is 1. The second-order valence-electron chi connectivity index (χ2n) is 9.25. The van der Waals surface area contributed by atoms with Gasteiger partial charge in [-0.2, -0.15) is 4.98 Å². The van der Waals surface area contributed by atoms with Gasteiger partial charge in [-0.3, -0.25) is 23.9 Å². The molecule has 2 fully saturated rings. The van der Waals surface area contributed by atoms with Crippen LogP contribution in [0.25, 0.3) is 10.3 Å². The van der Waals surface area contributed by atoms with Gasteiger partial charge in [-0.15, -0.1) is 0 Å². The summed E-state index contributed by atoms with van der Waals surface area (Å²) in [4.78, 5) is 55.5. The molecule has 1 saturated heterocycles. The first-order valence-electron chi connectivity index (χ1n) is 11.8. The zero-order valence-electron chi connectivity index (χ0n) is 19.5. The summed E-state index contributed by atoms with van der Waals surface area (Å²) >= 11 is 0.707. The minimum atomic E-state index is -1.05. The molecule has 1 unspecified atom stereocenters. The lowest BCUT2D eigenvalue weighted by atomic mass is 9.78. The molecule has 12 heteroatoms. The van der Waals surface area contributed by atoms with Crippen molar-refractivity contribution in [3.8, 4) is 0 Å². The molecule has 11 nitrogen and oxygen atoms in total. The van der Waals surface area contributed by atoms with E-state index < -0.39 is 40.8 Å². The number of rotatable bonds is 6. The van der Waals surface area contributed by atoms with Gasteiger partial charge < -0.3 is 20.3 Å². The van der Waals surface area contributed by atoms with Gasteiger partial charge in [0.2, 0.25) is 5.95 Å². The van der Waals surface area contributed by atoms with Crippen molar-refractivity contribution < 1.29 is 24.2 Å². The van der Waals surface area contributed by atoms with Gasteiger partial charge in [0, 0.05) is 19.3 Å². The van der Waals surface area contributed by atoms with E-state index in [0.29, 0.717) is 16.9 Å². The van der Waals surface area contributed by atoms with Gasteiger partial charge >= 0.3 is 16.8 Å². The summed E-state index contributed by atoms with van der Waals surface area (Å²) in [6, 6.07) is 6.86. The van der Waals surface area contributed by atoms with Crippen LogP contribution in [0.5, 0.6) is 0 Å². The Bertz CT molecular complexity index is 1440. The molecule has 4 N–H and O–H groups in total. The van der Waals surface area contributed by atoms with Crippen LogP contribution in [0.3, 0.4) is 0 Å². The van der Waals surface area contributed by atoms with Crippen molar-refractivity contribution in [1.82, 2.24) is 14.5 Å². The summed E-state index contributed by atoms with van der Waals surface area (Å²) in [6.45, 7) is 1.27. The number of ether oxygens (including phenoxy) is 2. The van der Waals surface area contributed by atoms with E-state index in [-0.39, 0.29) is 40.1 Å². The number of hydrogen-bond donors (Lipinski definition) is 3. The molecule has 5 rings (SSSR count). The van der Waals surface area contributed by atoms with Crippen LogP contribution in [0.1, 0.15) is 67.1 Å². The molecule has 1 saturated carbocycles. The Morgan fingerprint density at radius 3 is 2.69 bits per heavy atom. The number of carbonyl (C=O) groups excluding carboxylic acids is 1. The third kappa shape index (κ3) is 4.30. The number of anilines is 1. The number of aromatic nitrogens is 3. The van der Waals surface area contributed by atoms with Crippen LogP contribution in [-0.2, 0) is 14.3 Å². The SMILES string of the molecule is CC(=O)O[C@@H]1C[C@@H](C(c2ccccc2C(=O)O)C2CCCC2)O[C@H]1n1c(=O)sc2c(=O)[nH]c(N)nc21. The molecule has 1 aliphatic heterocycles. The largest absolute Gasteiger partial charge is 0.478 e. The Morgan fingerprint density at radius 2 is 2.00 bits per heavy atom. The van der Waals surface area contributed by atoms with Crippen LogP contribution in [-0.4, -0.2) is 43.8 Å². The number of benzene rings is 1. The molecule has 36 heavy (non-hydrogen) atoms. The van der Waals surface area contributed by atoms with E-state index in [1.165, 1.54) is 11.5 Å². The maximum absolute atomic E-state index is 13.0. The minimum Gasteiger partial charge on any atom is -0.478 e. The van der Waals surface area contributed by atoms with Crippen molar-refractivity contribution in [1.29, 1.82) is 0 Å². The maximum atomic E-state index is 13.0. The molecule has 4 atom stereocenters. The first-order chi connectivity index (χ1) is 17.2. The van der Waals surface area contributed by atoms with Crippen LogP contribution in [0.15, 0.2) is 33.9 Å². The number of nitrogens with two attached hydrogens (primary N) is 1. The van der Waals surface area contributed by atoms with Crippen molar-refractivity contribution >= 4 is 39.6 Å². The fourth-order valence-corrected chi connectivity index (χ4v) is 6.51. The average Bonchev–Trinajstić information content (AvgIpc) is 3.54. The first-order valence-corrected chi connectivity index (χ1v) is 12.6. The molecule has 0 spiro atoms. The Kier molecular flexibility index (Phi) is 6.39. The zero-order valence-corrected chi connectivity index (χ0v) is 20.3. The monoisotopic (exact) mass is 514 g/mol. The lowest BCUT2D eigenvalue weighted by molar-refractivity contribution is -0.152. The van der Waals surface area contributed by atoms with Crippen molar-refractivity contribution in [2.75, 3.05) is 5.73 Å². The van der Waals surface area contributed by atoms with E-state index in [2.05, 4.69) is 9.97 Å². The predicted octanol–water partition coefficient (Wildman–Crippen LogP) is 2.62. The lowest BCUT2D eigenvalue weighted by Crippen LogP contribution is -2.30. The summed E-state index contributed by atoms with van der Waals surface area (Å²) in [5.41, 5.74) is 6.10. The van der Waals surface area contributed by atoms with Crippen molar-refractivity contribution in [2.45, 2.75) is 63.4 Å². The number of nitrogen functional groups attached to an aromatic ring is 1. The lowest BCUT2D eigenvalue weighted by Gasteiger charge is -2.30. The van der Waals surface area contributed by atoms with Crippen LogP contribution in [0.2, 0.25) is 0 Å². The number of hydrogen-bond acceptors (Lipinski definition) is 9. The maximum Gasteiger partial charge on any atom is 0.335 e. The summed E-state index contributed by atoms with van der Waals surface area (Å²) < 4.78 is 13.4. The number of H-pyrrole nitrogens is 1. The third-order valence-electron chi connectivity index (χ3n) is 7.02. The summed E-state index contributed by atoms with van der Waals surface area (Å²) in [5.74, 6) is -1.85. The van der Waals surface area contributed by atoms with Gasteiger partial charge in [0.1, 0.15) is 10.8 Å². The molecular weight excluding hydrogens is 488 g/mol. The molecule has 1 aromatic carbocycles. The van der Waals surface area contributed by atoms with E-state index >= 15 is 0 Å². The molecule has 190 valence electrons. The summed E-state index contributed by atoms with van der Waals surface area (Å²) in [5, 5.41) is 9.87. The normalized spacial score (nSPS) is 23.2. The third-order valence-corrected chi connectivity index (χ3v) is 7.96. The van der Waals surface area contributed by atoms with Crippen molar-refractivity contribution in [3.05, 3.63) is 55.4 Å². The predicted molar refractivity (Wildman–Crippen MR) is 131 cm³/mol. The van der Waals surface area contributed by atoms with Gasteiger partial charge in [0.15, 0.2) is 11.9 Å². The van der Waals surface area contributed by atoms with Gasteiger partial charge in [-0.05, 0) is 30.4 Å². The zero-order chi connectivity index (χ0) is 25.6.